The van der Waals surface area contributed by atoms with Gasteiger partial charge in [-0.25, -0.2) is 0 Å². The van der Waals surface area contributed by atoms with Crippen molar-refractivity contribution in [1.29, 1.82) is 0 Å². The maximum Gasteiger partial charge on any atom is 0.136 e. The second-order valence-electron chi connectivity index (χ2n) is 14.1. The highest BCUT2D eigenvalue weighted by molar-refractivity contribution is 7.25. The van der Waals surface area contributed by atoms with Crippen LogP contribution in [0.2, 0.25) is 0 Å². The Kier molecular flexibility index (Phi) is 7.11. The molecule has 0 amide bonds. The third kappa shape index (κ3) is 5.15. The molecule has 11 rings (SSSR count). The summed E-state index contributed by atoms with van der Waals surface area (Å²) in [5.41, 5.74) is 13.7. The molecule has 11 aromatic rings. The summed E-state index contributed by atoms with van der Waals surface area (Å²) in [7, 11) is 0. The lowest BCUT2D eigenvalue weighted by Gasteiger charge is -2.16. The van der Waals surface area contributed by atoms with Crippen LogP contribution in [0.1, 0.15) is 0 Å². The summed E-state index contributed by atoms with van der Waals surface area (Å²) in [5.74, 6) is 0. The molecule has 0 saturated carbocycles. The van der Waals surface area contributed by atoms with Crippen molar-refractivity contribution in [2.45, 2.75) is 0 Å². The van der Waals surface area contributed by atoms with E-state index in [0.717, 1.165) is 27.5 Å². The molecule has 54 heavy (non-hydrogen) atoms. The number of hydrogen-bond donors (Lipinski definition) is 0. The Morgan fingerprint density at radius 3 is 1.78 bits per heavy atom. The summed E-state index contributed by atoms with van der Waals surface area (Å²) >= 11 is 1.86. The number of benzene rings is 9. The standard InChI is InChI=1S/C52H32OS/c1-2-10-33(11-3-1)35-18-20-36(21-19-35)40-29-41(38-23-22-34-12-4-5-13-37(34)28-38)31-42(30-40)51-43(26-27-48-52(51)46-15-6-8-16-47(46)53-48)39-24-25-45-44-14-7-9-17-49(44)54-50(45)32-39/h1-32H. The van der Waals surface area contributed by atoms with Gasteiger partial charge < -0.3 is 4.42 Å². The molecule has 0 aliphatic carbocycles. The van der Waals surface area contributed by atoms with Crippen molar-refractivity contribution in [3.8, 4) is 55.6 Å². The molecule has 0 fully saturated rings. The first-order valence-electron chi connectivity index (χ1n) is 18.4. The van der Waals surface area contributed by atoms with E-state index in [1.807, 2.05) is 11.3 Å². The first-order valence-corrected chi connectivity index (χ1v) is 19.2. The topological polar surface area (TPSA) is 13.1 Å². The predicted octanol–water partition coefficient (Wildman–Crippen LogP) is 15.4. The second kappa shape index (κ2) is 12.4. The van der Waals surface area contributed by atoms with Gasteiger partial charge in [-0.05, 0) is 109 Å². The van der Waals surface area contributed by atoms with Crippen LogP contribution in [0.15, 0.2) is 199 Å². The SMILES string of the molecule is c1ccc(-c2ccc(-c3cc(-c4ccc5ccccc5c4)cc(-c4c(-c5ccc6c(c5)sc5ccccc56)ccc5oc6ccccc6c45)c3)cc2)cc1. The van der Waals surface area contributed by atoms with Gasteiger partial charge in [-0.3, -0.25) is 0 Å². The van der Waals surface area contributed by atoms with E-state index in [2.05, 4.69) is 194 Å². The summed E-state index contributed by atoms with van der Waals surface area (Å²) in [5, 5.41) is 7.34. The highest BCUT2D eigenvalue weighted by Crippen LogP contribution is 2.46. The molecule has 1 nitrogen and oxygen atoms in total. The predicted molar refractivity (Wildman–Crippen MR) is 231 cm³/mol. The minimum absolute atomic E-state index is 0.891. The highest BCUT2D eigenvalue weighted by atomic mass is 32.1. The van der Waals surface area contributed by atoms with Crippen LogP contribution in [0.4, 0.5) is 0 Å². The maximum atomic E-state index is 6.55. The zero-order valence-electron chi connectivity index (χ0n) is 29.3. The molecule has 0 aliphatic heterocycles. The molecule has 2 heterocycles. The average molecular weight is 705 g/mol. The molecule has 0 unspecified atom stereocenters. The molecule has 0 bridgehead atoms. The lowest BCUT2D eigenvalue weighted by molar-refractivity contribution is 0.669. The van der Waals surface area contributed by atoms with Gasteiger partial charge in [-0.2, -0.15) is 0 Å². The smallest absolute Gasteiger partial charge is 0.136 e. The zero-order valence-corrected chi connectivity index (χ0v) is 30.1. The molecule has 0 saturated heterocycles. The number of fused-ring (bicyclic) bond motifs is 7. The number of furan rings is 1. The zero-order chi connectivity index (χ0) is 35.6. The van der Waals surface area contributed by atoms with E-state index in [9.17, 15) is 0 Å². The van der Waals surface area contributed by atoms with E-state index in [1.54, 1.807) is 0 Å². The molecule has 2 aromatic heterocycles. The van der Waals surface area contributed by atoms with Gasteiger partial charge in [0.1, 0.15) is 11.2 Å². The minimum atomic E-state index is 0.891. The average Bonchev–Trinajstić information content (AvgIpc) is 3.81. The lowest BCUT2D eigenvalue weighted by Crippen LogP contribution is -1.91. The van der Waals surface area contributed by atoms with Gasteiger partial charge in [0.05, 0.1) is 0 Å². The van der Waals surface area contributed by atoms with Crippen molar-refractivity contribution in [2.24, 2.45) is 0 Å². The quantitative estimate of drug-likeness (QED) is 0.174. The molecule has 0 radical (unpaired) electrons. The van der Waals surface area contributed by atoms with Gasteiger partial charge in [0.2, 0.25) is 0 Å². The Balaban J connectivity index is 1.18. The fraction of sp³-hybridized carbons (Fsp3) is 0. The Morgan fingerprint density at radius 2 is 0.926 bits per heavy atom. The lowest BCUT2D eigenvalue weighted by atomic mass is 9.86. The van der Waals surface area contributed by atoms with Crippen LogP contribution in [-0.4, -0.2) is 0 Å². The molecule has 2 heteroatoms. The molecule has 0 N–H and O–H groups in total. The van der Waals surface area contributed by atoms with E-state index in [1.165, 1.54) is 81.0 Å². The number of thiophene rings is 1. The summed E-state index contributed by atoms with van der Waals surface area (Å²) in [6, 6.07) is 70.7. The van der Waals surface area contributed by atoms with E-state index in [-0.39, 0.29) is 0 Å². The van der Waals surface area contributed by atoms with Crippen LogP contribution >= 0.6 is 11.3 Å². The van der Waals surface area contributed by atoms with E-state index < -0.39 is 0 Å². The van der Waals surface area contributed by atoms with Gasteiger partial charge in [-0.15, -0.1) is 11.3 Å². The second-order valence-corrected chi connectivity index (χ2v) is 15.2. The van der Waals surface area contributed by atoms with Gasteiger partial charge in [0.25, 0.3) is 0 Å². The Hall–Kier alpha value is -6.74. The van der Waals surface area contributed by atoms with Gasteiger partial charge in [0, 0.05) is 36.5 Å². The number of rotatable bonds is 5. The molecule has 0 atom stereocenters. The largest absolute Gasteiger partial charge is 0.456 e. The van der Waals surface area contributed by atoms with Crippen molar-refractivity contribution in [3.63, 3.8) is 0 Å². The molecule has 9 aromatic carbocycles. The van der Waals surface area contributed by atoms with Crippen LogP contribution in [0, 0.1) is 0 Å². The highest BCUT2D eigenvalue weighted by Gasteiger charge is 2.20. The molecule has 252 valence electrons. The van der Waals surface area contributed by atoms with Crippen LogP contribution in [-0.2, 0) is 0 Å². The summed E-state index contributed by atoms with van der Waals surface area (Å²) in [4.78, 5) is 0. The Bertz CT molecular complexity index is 3200. The molecule has 0 spiro atoms. The van der Waals surface area contributed by atoms with Gasteiger partial charge >= 0.3 is 0 Å². The summed E-state index contributed by atoms with van der Waals surface area (Å²) < 4.78 is 9.16. The normalized spacial score (nSPS) is 11.7. The molecule has 0 aliphatic rings. The van der Waals surface area contributed by atoms with Crippen molar-refractivity contribution in [2.75, 3.05) is 0 Å². The van der Waals surface area contributed by atoms with Crippen LogP contribution in [0.3, 0.4) is 0 Å². The minimum Gasteiger partial charge on any atom is -0.456 e. The van der Waals surface area contributed by atoms with Crippen LogP contribution < -0.4 is 0 Å². The summed E-state index contributed by atoms with van der Waals surface area (Å²) in [6.07, 6.45) is 0. The van der Waals surface area contributed by atoms with Gasteiger partial charge in [-0.1, -0.05) is 146 Å². The molecular weight excluding hydrogens is 673 g/mol. The first kappa shape index (κ1) is 30.8. The fourth-order valence-electron chi connectivity index (χ4n) is 8.21. The maximum absolute atomic E-state index is 6.55. The summed E-state index contributed by atoms with van der Waals surface area (Å²) in [6.45, 7) is 0. The van der Waals surface area contributed by atoms with Crippen LogP contribution in [0.25, 0.3) is 109 Å². The van der Waals surface area contributed by atoms with Crippen molar-refractivity contribution >= 4 is 64.2 Å². The van der Waals surface area contributed by atoms with Crippen molar-refractivity contribution in [1.82, 2.24) is 0 Å². The first-order chi connectivity index (χ1) is 26.7. The van der Waals surface area contributed by atoms with E-state index in [0.29, 0.717) is 0 Å². The number of hydrogen-bond acceptors (Lipinski definition) is 2. The Labute approximate surface area is 317 Å². The number of para-hydroxylation sites is 1. The van der Waals surface area contributed by atoms with Crippen molar-refractivity contribution in [3.05, 3.63) is 194 Å². The van der Waals surface area contributed by atoms with Crippen LogP contribution in [0.5, 0.6) is 0 Å². The Morgan fingerprint density at radius 1 is 0.315 bits per heavy atom. The van der Waals surface area contributed by atoms with Gasteiger partial charge in [0.15, 0.2) is 0 Å². The monoisotopic (exact) mass is 704 g/mol. The van der Waals surface area contributed by atoms with Crippen molar-refractivity contribution < 1.29 is 4.42 Å². The van der Waals surface area contributed by atoms with E-state index >= 15 is 0 Å². The fourth-order valence-corrected chi connectivity index (χ4v) is 9.36. The molecular formula is C52H32OS. The third-order valence-corrected chi connectivity index (χ3v) is 12.0. The third-order valence-electron chi connectivity index (χ3n) is 10.9. The van der Waals surface area contributed by atoms with E-state index in [4.69, 9.17) is 4.42 Å².